The van der Waals surface area contributed by atoms with Crippen LogP contribution in [0.1, 0.15) is 12.5 Å². The minimum Gasteiger partial charge on any atom is -0.343 e. The predicted molar refractivity (Wildman–Crippen MR) is 92.2 cm³/mol. The zero-order valence-electron chi connectivity index (χ0n) is 14.6. The summed E-state index contributed by atoms with van der Waals surface area (Å²) in [7, 11) is -1.50. The predicted octanol–water partition coefficient (Wildman–Crippen LogP) is 3.35. The molecule has 0 aromatic heterocycles. The van der Waals surface area contributed by atoms with Gasteiger partial charge in [0.15, 0.2) is 9.84 Å². The first kappa shape index (κ1) is 20.5. The Kier molecular flexibility index (Phi) is 5.84. The second-order valence-corrected chi connectivity index (χ2v) is 7.91. The number of ether oxygens (including phenoxy) is 2. The number of sulfone groups is 1. The summed E-state index contributed by atoms with van der Waals surface area (Å²) in [4.78, 5) is 1.89. The maximum absolute atomic E-state index is 13.4. The summed E-state index contributed by atoms with van der Waals surface area (Å²) in [6, 6.07) is 5.41. The van der Waals surface area contributed by atoms with E-state index in [1.54, 1.807) is 24.1 Å². The van der Waals surface area contributed by atoms with Gasteiger partial charge in [-0.3, -0.25) is 0 Å². The van der Waals surface area contributed by atoms with E-state index < -0.39 is 21.8 Å². The van der Waals surface area contributed by atoms with Crippen LogP contribution in [0.4, 0.5) is 18.9 Å². The molecule has 0 saturated heterocycles. The second-order valence-electron chi connectivity index (χ2n) is 5.58. The molecule has 0 spiro atoms. The molecule has 0 unspecified atom stereocenters. The lowest BCUT2D eigenvalue weighted by Gasteiger charge is -2.33. The van der Waals surface area contributed by atoms with Crippen LogP contribution in [0.25, 0.3) is 0 Å². The Morgan fingerprint density at radius 2 is 1.69 bits per heavy atom. The fourth-order valence-corrected chi connectivity index (χ4v) is 3.67. The van der Waals surface area contributed by atoms with Gasteiger partial charge < -0.3 is 14.4 Å². The van der Waals surface area contributed by atoms with Crippen LogP contribution in [0, 0.1) is 0 Å². The smallest absolute Gasteiger partial charge is 0.343 e. The molecule has 26 heavy (non-hydrogen) atoms. The van der Waals surface area contributed by atoms with E-state index in [0.717, 1.165) is 14.2 Å². The third-order valence-electron chi connectivity index (χ3n) is 4.18. The average molecular weight is 391 g/mol. The minimum absolute atomic E-state index is 0.0186. The first-order valence-corrected chi connectivity index (χ1v) is 9.41. The molecule has 1 aromatic carbocycles. The number of anilines is 1. The van der Waals surface area contributed by atoms with Crippen molar-refractivity contribution in [1.29, 1.82) is 0 Å². The maximum atomic E-state index is 13.4. The second kappa shape index (κ2) is 7.42. The molecule has 0 aliphatic carbocycles. The van der Waals surface area contributed by atoms with Crippen molar-refractivity contribution < 1.29 is 31.1 Å². The van der Waals surface area contributed by atoms with Crippen LogP contribution in [-0.4, -0.2) is 41.1 Å². The van der Waals surface area contributed by atoms with Gasteiger partial charge in [-0.05, 0) is 24.3 Å². The lowest BCUT2D eigenvalue weighted by molar-refractivity contribution is -0.376. The Balaban J connectivity index is 2.31. The van der Waals surface area contributed by atoms with Crippen LogP contribution in [0.3, 0.4) is 0 Å². The van der Waals surface area contributed by atoms with Gasteiger partial charge in [0, 0.05) is 31.7 Å². The third-order valence-corrected chi connectivity index (χ3v) is 6.01. The highest BCUT2D eigenvalue weighted by Crippen LogP contribution is 2.42. The Bertz CT molecular complexity index is 794. The van der Waals surface area contributed by atoms with Gasteiger partial charge in [-0.25, -0.2) is 8.42 Å². The van der Waals surface area contributed by atoms with Gasteiger partial charge in [-0.1, -0.05) is 19.1 Å². The molecule has 9 heteroatoms. The van der Waals surface area contributed by atoms with Crippen molar-refractivity contribution in [3.8, 4) is 0 Å². The van der Waals surface area contributed by atoms with E-state index in [0.29, 0.717) is 5.69 Å². The molecule has 144 valence electrons. The number of rotatable bonds is 6. The number of methoxy groups -OCH3 is 2. The largest absolute Gasteiger partial charge is 0.448 e. The highest BCUT2D eigenvalue weighted by Gasteiger charge is 2.58. The lowest BCUT2D eigenvalue weighted by Crippen LogP contribution is -2.45. The Hall–Kier alpha value is -1.84. The van der Waals surface area contributed by atoms with E-state index in [1.807, 2.05) is 0 Å². The zero-order chi connectivity index (χ0) is 19.6. The van der Waals surface area contributed by atoms with Crippen molar-refractivity contribution in [3.63, 3.8) is 0 Å². The summed E-state index contributed by atoms with van der Waals surface area (Å²) in [5.41, 5.74) is 0.335. The number of benzene rings is 1. The first-order chi connectivity index (χ1) is 12.1. The Morgan fingerprint density at radius 3 is 2.15 bits per heavy atom. The van der Waals surface area contributed by atoms with E-state index in [9.17, 15) is 21.6 Å². The van der Waals surface area contributed by atoms with Crippen LogP contribution >= 0.6 is 0 Å². The first-order valence-electron chi connectivity index (χ1n) is 7.75. The van der Waals surface area contributed by atoms with Crippen molar-refractivity contribution in [3.05, 3.63) is 53.1 Å². The van der Waals surface area contributed by atoms with Crippen LogP contribution in [0.2, 0.25) is 0 Å². The molecule has 0 amide bonds. The molecule has 0 bridgehead atoms. The van der Waals surface area contributed by atoms with Crippen LogP contribution < -0.4 is 4.90 Å². The van der Waals surface area contributed by atoms with Crippen LogP contribution in [-0.2, 0) is 25.1 Å². The van der Waals surface area contributed by atoms with Crippen LogP contribution in [0.5, 0.6) is 0 Å². The van der Waals surface area contributed by atoms with E-state index in [-0.39, 0.29) is 22.8 Å². The molecule has 1 heterocycles. The van der Waals surface area contributed by atoms with Crippen molar-refractivity contribution in [1.82, 2.24) is 0 Å². The molecular weight excluding hydrogens is 371 g/mol. The molecule has 2 rings (SSSR count). The van der Waals surface area contributed by atoms with Crippen molar-refractivity contribution >= 4 is 15.5 Å². The molecular formula is C17H20F3NO4S. The SMILES string of the molecule is CCS(=O)(=O)C1=CC=CN(c2ccc(C(OC)(OC)C(F)(F)F)cc2)C1. The van der Waals surface area contributed by atoms with Crippen molar-refractivity contribution in [2.45, 2.75) is 18.9 Å². The number of hydrogen-bond acceptors (Lipinski definition) is 5. The molecule has 1 aliphatic heterocycles. The average Bonchev–Trinajstić information content (AvgIpc) is 2.63. The molecule has 5 nitrogen and oxygen atoms in total. The monoisotopic (exact) mass is 391 g/mol. The summed E-state index contributed by atoms with van der Waals surface area (Å²) >= 11 is 0. The van der Waals surface area contributed by atoms with Crippen molar-refractivity contribution in [2.24, 2.45) is 0 Å². The van der Waals surface area contributed by atoms with Gasteiger partial charge in [0.25, 0.3) is 5.79 Å². The fourth-order valence-electron chi connectivity index (χ4n) is 2.68. The van der Waals surface area contributed by atoms with Gasteiger partial charge in [-0.15, -0.1) is 0 Å². The van der Waals surface area contributed by atoms with Crippen molar-refractivity contribution in [2.75, 3.05) is 31.4 Å². The van der Waals surface area contributed by atoms with Gasteiger partial charge in [0.2, 0.25) is 0 Å². The third kappa shape index (κ3) is 3.65. The lowest BCUT2D eigenvalue weighted by atomic mass is 10.0. The number of nitrogens with zero attached hydrogens (tertiary/aromatic N) is 1. The summed E-state index contributed by atoms with van der Waals surface area (Å²) < 4.78 is 73.5. The molecule has 1 aliphatic rings. The van der Waals surface area contributed by atoms with E-state index >= 15 is 0 Å². The standard InChI is InChI=1S/C17H20F3NO4S/c1-4-26(22,23)15-6-5-11-21(12-15)14-9-7-13(8-10-14)16(24-2,25-3)17(18,19)20/h5-11H,4,12H2,1-3H3. The zero-order valence-corrected chi connectivity index (χ0v) is 15.4. The quantitative estimate of drug-likeness (QED) is 0.696. The number of halogens is 3. The number of hydrogen-bond donors (Lipinski definition) is 0. The molecule has 0 radical (unpaired) electrons. The molecule has 1 aromatic rings. The van der Waals surface area contributed by atoms with Gasteiger partial charge in [-0.2, -0.15) is 13.2 Å². The van der Waals surface area contributed by atoms with E-state index in [2.05, 4.69) is 9.47 Å². The summed E-state index contributed by atoms with van der Waals surface area (Å²) in [5.74, 6) is -2.88. The maximum Gasteiger partial charge on any atom is 0.448 e. The molecule has 0 saturated carbocycles. The Morgan fingerprint density at radius 1 is 1.12 bits per heavy atom. The highest BCUT2D eigenvalue weighted by atomic mass is 32.2. The van der Waals surface area contributed by atoms with Gasteiger partial charge >= 0.3 is 6.18 Å². The van der Waals surface area contributed by atoms with Gasteiger partial charge in [0.1, 0.15) is 0 Å². The summed E-state index contributed by atoms with van der Waals surface area (Å²) in [6.45, 7) is 1.67. The topological polar surface area (TPSA) is 55.8 Å². The number of alkyl halides is 3. The van der Waals surface area contributed by atoms with E-state index in [1.165, 1.54) is 30.3 Å². The summed E-state index contributed by atoms with van der Waals surface area (Å²) in [6.07, 6.45) is -0.00000769. The molecule has 0 atom stereocenters. The van der Waals surface area contributed by atoms with E-state index in [4.69, 9.17) is 0 Å². The van der Waals surface area contributed by atoms with Gasteiger partial charge in [0.05, 0.1) is 17.2 Å². The Labute approximate surface area is 150 Å². The normalized spacial score (nSPS) is 15.9. The molecule has 0 N–H and O–H groups in total. The molecule has 0 fully saturated rings. The highest BCUT2D eigenvalue weighted by molar-refractivity contribution is 7.95. The minimum atomic E-state index is -4.77. The number of allylic oxidation sites excluding steroid dienone is 2. The fraction of sp³-hybridized carbons (Fsp3) is 0.412. The summed E-state index contributed by atoms with van der Waals surface area (Å²) in [5, 5.41) is 0. The van der Waals surface area contributed by atoms with Crippen LogP contribution in [0.15, 0.2) is 47.5 Å².